The highest BCUT2D eigenvalue weighted by Crippen LogP contribution is 2.26. The quantitative estimate of drug-likeness (QED) is 0.128. The van der Waals surface area contributed by atoms with Crippen molar-refractivity contribution in [3.05, 3.63) is 76.6 Å². The molecule has 0 bridgehead atoms. The van der Waals surface area contributed by atoms with Crippen molar-refractivity contribution < 1.29 is 15.3 Å². The fraction of sp³-hybridized carbons (Fsp3) is 0.400. The number of aromatic nitrogens is 3. The molecule has 0 fully saturated rings. The highest BCUT2D eigenvalue weighted by Gasteiger charge is 2.15. The van der Waals surface area contributed by atoms with Crippen LogP contribution in [0.1, 0.15) is 40.9 Å². The number of nitrogens with zero attached hydrogens (tertiary/aromatic N) is 3. The van der Waals surface area contributed by atoms with Crippen LogP contribution in [0.15, 0.2) is 48.5 Å². The average Bonchev–Trinajstić information content (AvgIpc) is 3.27. The van der Waals surface area contributed by atoms with Crippen molar-refractivity contribution in [1.82, 2.24) is 19.9 Å². The van der Waals surface area contributed by atoms with E-state index in [0.29, 0.717) is 31.9 Å². The van der Waals surface area contributed by atoms with Gasteiger partial charge in [-0.3, -0.25) is 4.98 Å². The molecular weight excluding hydrogens is 492 g/mol. The third kappa shape index (κ3) is 7.69. The van der Waals surface area contributed by atoms with E-state index < -0.39 is 0 Å². The molecule has 2 aromatic carbocycles. The Labute approximate surface area is 229 Å². The molecule has 0 aliphatic rings. The average molecular weight is 533 g/mol. The Bertz CT molecular complexity index is 1370. The van der Waals surface area contributed by atoms with E-state index in [1.165, 1.54) is 11.1 Å². The normalized spacial score (nSPS) is 11.3. The van der Waals surface area contributed by atoms with Gasteiger partial charge in [0, 0.05) is 37.6 Å². The van der Waals surface area contributed by atoms with Gasteiger partial charge < -0.3 is 35.8 Å². The van der Waals surface area contributed by atoms with Crippen LogP contribution in [0.3, 0.4) is 0 Å². The standard InChI is InChI=1S/C30H40N6O3/c1-21-6-9-24(5-3-15-37)26(17-21)33-19-23-8-10-25-28(18-23)36(20-27-29(39)11-7-22(2)34-27)30(35-25)32-13-4-12-31-14-16-38/h6-11,17-18,31,33,37-39H,3-5,12-16,19-20H2,1-2H3,(H,32,35). The Morgan fingerprint density at radius 3 is 2.54 bits per heavy atom. The largest absolute Gasteiger partial charge is 0.506 e. The zero-order valence-corrected chi connectivity index (χ0v) is 22.9. The molecule has 4 aromatic rings. The molecule has 4 rings (SSSR count). The van der Waals surface area contributed by atoms with Gasteiger partial charge in [0.2, 0.25) is 5.95 Å². The Hall–Kier alpha value is -3.66. The van der Waals surface area contributed by atoms with Gasteiger partial charge in [-0.2, -0.15) is 0 Å². The molecule has 0 unspecified atom stereocenters. The summed E-state index contributed by atoms with van der Waals surface area (Å²) in [7, 11) is 0. The van der Waals surface area contributed by atoms with Gasteiger partial charge in [0.25, 0.3) is 0 Å². The van der Waals surface area contributed by atoms with Crippen LogP contribution in [0.5, 0.6) is 5.75 Å². The predicted octanol–water partition coefficient (Wildman–Crippen LogP) is 3.72. The lowest BCUT2D eigenvalue weighted by Crippen LogP contribution is -2.21. The second kappa shape index (κ2) is 13.9. The van der Waals surface area contributed by atoms with Gasteiger partial charge in [-0.15, -0.1) is 0 Å². The molecule has 0 radical (unpaired) electrons. The predicted molar refractivity (Wildman–Crippen MR) is 156 cm³/mol. The van der Waals surface area contributed by atoms with Gasteiger partial charge in [-0.05, 0) is 86.7 Å². The molecule has 6 N–H and O–H groups in total. The van der Waals surface area contributed by atoms with Crippen molar-refractivity contribution in [2.24, 2.45) is 0 Å². The minimum Gasteiger partial charge on any atom is -0.506 e. The van der Waals surface area contributed by atoms with Crippen molar-refractivity contribution in [2.45, 2.75) is 46.2 Å². The van der Waals surface area contributed by atoms with Crippen molar-refractivity contribution in [3.8, 4) is 5.75 Å². The lowest BCUT2D eigenvalue weighted by Gasteiger charge is -2.14. The first-order chi connectivity index (χ1) is 19.0. The summed E-state index contributed by atoms with van der Waals surface area (Å²) in [5.41, 5.74) is 7.85. The molecule has 2 heterocycles. The minimum atomic E-state index is 0.126. The van der Waals surface area contributed by atoms with Gasteiger partial charge in [-0.25, -0.2) is 4.98 Å². The van der Waals surface area contributed by atoms with Crippen LogP contribution in [0, 0.1) is 13.8 Å². The molecule has 0 amide bonds. The monoisotopic (exact) mass is 532 g/mol. The lowest BCUT2D eigenvalue weighted by atomic mass is 10.0. The fourth-order valence-corrected chi connectivity index (χ4v) is 4.60. The van der Waals surface area contributed by atoms with Crippen LogP contribution < -0.4 is 16.0 Å². The van der Waals surface area contributed by atoms with Gasteiger partial charge >= 0.3 is 0 Å². The molecular formula is C30H40N6O3. The van der Waals surface area contributed by atoms with Crippen molar-refractivity contribution >= 4 is 22.7 Å². The van der Waals surface area contributed by atoms with E-state index >= 15 is 0 Å². The summed E-state index contributed by atoms with van der Waals surface area (Å²) in [6.45, 7) is 7.42. The number of aliphatic hydroxyl groups is 2. The highest BCUT2D eigenvalue weighted by molar-refractivity contribution is 5.80. The third-order valence-corrected chi connectivity index (χ3v) is 6.66. The molecule has 0 aliphatic heterocycles. The van der Waals surface area contributed by atoms with E-state index in [9.17, 15) is 10.2 Å². The van der Waals surface area contributed by atoms with E-state index in [1.807, 2.05) is 13.0 Å². The number of hydrogen-bond acceptors (Lipinski definition) is 8. The third-order valence-electron chi connectivity index (χ3n) is 6.66. The van der Waals surface area contributed by atoms with E-state index in [1.54, 1.807) is 12.1 Å². The van der Waals surface area contributed by atoms with E-state index in [2.05, 4.69) is 62.8 Å². The molecule has 0 atom stereocenters. The molecule has 0 spiro atoms. The van der Waals surface area contributed by atoms with Gasteiger partial charge in [0.05, 0.1) is 24.2 Å². The lowest BCUT2D eigenvalue weighted by molar-refractivity contribution is 0.288. The first-order valence-corrected chi connectivity index (χ1v) is 13.6. The molecule has 0 saturated carbocycles. The summed E-state index contributed by atoms with van der Waals surface area (Å²) in [6, 6.07) is 16.1. The smallest absolute Gasteiger partial charge is 0.204 e. The number of aliphatic hydroxyl groups excluding tert-OH is 2. The number of fused-ring (bicyclic) bond motifs is 1. The zero-order valence-electron chi connectivity index (χ0n) is 22.9. The van der Waals surface area contributed by atoms with E-state index in [4.69, 9.17) is 10.1 Å². The summed E-state index contributed by atoms with van der Waals surface area (Å²) < 4.78 is 2.07. The summed E-state index contributed by atoms with van der Waals surface area (Å²) in [5.74, 6) is 0.888. The number of anilines is 2. The number of benzene rings is 2. The maximum absolute atomic E-state index is 10.5. The Kier molecular flexibility index (Phi) is 10.1. The minimum absolute atomic E-state index is 0.126. The second-order valence-electron chi connectivity index (χ2n) is 9.86. The molecule has 0 saturated heterocycles. The number of pyridine rings is 1. The zero-order chi connectivity index (χ0) is 27.6. The molecule has 208 valence electrons. The molecule has 9 nitrogen and oxygen atoms in total. The molecule has 9 heteroatoms. The van der Waals surface area contributed by atoms with E-state index in [0.717, 1.165) is 59.7 Å². The van der Waals surface area contributed by atoms with Crippen LogP contribution in [0.4, 0.5) is 11.6 Å². The summed E-state index contributed by atoms with van der Waals surface area (Å²) >= 11 is 0. The Morgan fingerprint density at radius 1 is 0.846 bits per heavy atom. The number of imidazole rings is 1. The molecule has 2 aromatic heterocycles. The van der Waals surface area contributed by atoms with Crippen LogP contribution in [0.2, 0.25) is 0 Å². The van der Waals surface area contributed by atoms with Crippen LogP contribution in [-0.2, 0) is 19.5 Å². The maximum Gasteiger partial charge on any atom is 0.204 e. The van der Waals surface area contributed by atoms with Crippen LogP contribution in [0.25, 0.3) is 11.0 Å². The van der Waals surface area contributed by atoms with Crippen molar-refractivity contribution in [3.63, 3.8) is 0 Å². The fourth-order valence-electron chi connectivity index (χ4n) is 4.60. The van der Waals surface area contributed by atoms with Crippen LogP contribution >= 0.6 is 0 Å². The Morgan fingerprint density at radius 2 is 1.72 bits per heavy atom. The number of aromatic hydroxyl groups is 1. The molecule has 39 heavy (non-hydrogen) atoms. The van der Waals surface area contributed by atoms with Gasteiger partial charge in [0.15, 0.2) is 0 Å². The Balaban J connectivity index is 1.59. The first-order valence-electron chi connectivity index (χ1n) is 13.6. The first kappa shape index (κ1) is 28.4. The summed E-state index contributed by atoms with van der Waals surface area (Å²) in [4.78, 5) is 9.43. The summed E-state index contributed by atoms with van der Waals surface area (Å²) in [6.07, 6.45) is 2.43. The number of nitrogens with one attached hydrogen (secondary N) is 3. The SMILES string of the molecule is Cc1ccc(CCCO)c(NCc2ccc3nc(NCCCNCCO)n(Cc4nc(C)ccc4O)c3c2)c1. The van der Waals surface area contributed by atoms with Gasteiger partial charge in [-0.1, -0.05) is 18.2 Å². The summed E-state index contributed by atoms with van der Waals surface area (Å²) in [5, 5.41) is 39.0. The number of rotatable bonds is 15. The second-order valence-corrected chi connectivity index (χ2v) is 9.86. The van der Waals surface area contributed by atoms with Gasteiger partial charge in [0.1, 0.15) is 11.4 Å². The van der Waals surface area contributed by atoms with Crippen molar-refractivity contribution in [1.29, 1.82) is 0 Å². The highest BCUT2D eigenvalue weighted by atomic mass is 16.3. The maximum atomic E-state index is 10.5. The number of hydrogen-bond donors (Lipinski definition) is 6. The topological polar surface area (TPSA) is 127 Å². The van der Waals surface area contributed by atoms with Crippen molar-refractivity contribution in [2.75, 3.05) is 43.5 Å². The van der Waals surface area contributed by atoms with E-state index in [-0.39, 0.29) is 19.0 Å². The van der Waals surface area contributed by atoms with Crippen LogP contribution in [-0.4, -0.2) is 62.7 Å². The number of aryl methyl sites for hydroxylation is 3. The molecule has 0 aliphatic carbocycles.